The maximum atomic E-state index is 11.8. The summed E-state index contributed by atoms with van der Waals surface area (Å²) in [5, 5.41) is 9.40. The van der Waals surface area contributed by atoms with E-state index in [2.05, 4.69) is 34.7 Å². The van der Waals surface area contributed by atoms with Crippen molar-refractivity contribution in [1.29, 1.82) is 0 Å². The maximum Gasteiger partial charge on any atom is 0.238 e. The van der Waals surface area contributed by atoms with Gasteiger partial charge in [0.1, 0.15) is 0 Å². The summed E-state index contributed by atoms with van der Waals surface area (Å²) < 4.78 is 0. The Morgan fingerprint density at radius 1 is 1.35 bits per heavy atom. The largest absolute Gasteiger partial charge is 0.355 e. The van der Waals surface area contributed by atoms with Gasteiger partial charge in [-0.3, -0.25) is 4.79 Å². The van der Waals surface area contributed by atoms with Crippen molar-refractivity contribution in [3.8, 4) is 0 Å². The maximum absolute atomic E-state index is 11.8. The first-order valence-electron chi connectivity index (χ1n) is 6.72. The first-order chi connectivity index (χ1) is 8.27. The van der Waals surface area contributed by atoms with E-state index in [1.54, 1.807) is 0 Å². The Morgan fingerprint density at radius 2 is 2.12 bits per heavy atom. The number of amides is 1. The third-order valence-corrected chi connectivity index (χ3v) is 3.20. The first-order valence-corrected chi connectivity index (χ1v) is 6.72. The number of rotatable bonds is 7. The van der Waals surface area contributed by atoms with Gasteiger partial charge in [-0.25, -0.2) is 0 Å². The normalized spacial score (nSPS) is 20.5. The Labute approximate surface area is 104 Å². The Balaban J connectivity index is 2.07. The Hall–Kier alpha value is -0.650. The van der Waals surface area contributed by atoms with E-state index in [9.17, 15) is 4.79 Å². The summed E-state index contributed by atoms with van der Waals surface area (Å²) in [5.41, 5.74) is 0. The lowest BCUT2D eigenvalue weighted by Crippen LogP contribution is -2.55. The fourth-order valence-corrected chi connectivity index (χ4v) is 2.02. The highest BCUT2D eigenvalue weighted by Gasteiger charge is 2.19. The number of carbonyl (C=O) groups is 1. The molecule has 5 nitrogen and oxygen atoms in total. The minimum absolute atomic E-state index is 0.0581. The summed E-state index contributed by atoms with van der Waals surface area (Å²) in [7, 11) is 0. The molecule has 0 bridgehead atoms. The molecule has 0 radical (unpaired) electrons. The molecule has 1 atom stereocenters. The van der Waals surface area contributed by atoms with E-state index in [0.717, 1.165) is 52.2 Å². The van der Waals surface area contributed by atoms with Crippen LogP contribution in [-0.2, 0) is 4.79 Å². The smallest absolute Gasteiger partial charge is 0.238 e. The van der Waals surface area contributed by atoms with Crippen LogP contribution in [0.1, 0.15) is 20.3 Å². The van der Waals surface area contributed by atoms with Crippen molar-refractivity contribution in [3.05, 3.63) is 0 Å². The summed E-state index contributed by atoms with van der Waals surface area (Å²) >= 11 is 0. The van der Waals surface area contributed by atoms with Gasteiger partial charge in [0.2, 0.25) is 5.91 Å². The van der Waals surface area contributed by atoms with Crippen molar-refractivity contribution in [2.45, 2.75) is 26.3 Å². The third-order valence-electron chi connectivity index (χ3n) is 3.20. The predicted molar refractivity (Wildman–Crippen MR) is 70.1 cm³/mol. The van der Waals surface area contributed by atoms with E-state index in [0.29, 0.717) is 0 Å². The molecule has 0 aromatic rings. The van der Waals surface area contributed by atoms with Crippen LogP contribution in [0.2, 0.25) is 0 Å². The van der Waals surface area contributed by atoms with Crippen molar-refractivity contribution >= 4 is 5.91 Å². The second-order valence-electron chi connectivity index (χ2n) is 4.38. The summed E-state index contributed by atoms with van der Waals surface area (Å²) in [4.78, 5) is 14.1. The highest BCUT2D eigenvalue weighted by Crippen LogP contribution is 1.91. The second-order valence-corrected chi connectivity index (χ2v) is 4.38. The van der Waals surface area contributed by atoms with Gasteiger partial charge in [0.15, 0.2) is 0 Å². The van der Waals surface area contributed by atoms with Crippen LogP contribution in [0.15, 0.2) is 0 Å². The third kappa shape index (κ3) is 5.48. The lowest BCUT2D eigenvalue weighted by molar-refractivity contribution is -0.123. The molecule has 5 heteroatoms. The Bertz CT molecular complexity index is 213. The number of carbonyl (C=O) groups excluding carboxylic acids is 1. The van der Waals surface area contributed by atoms with Gasteiger partial charge in [0.05, 0.1) is 6.04 Å². The van der Waals surface area contributed by atoms with Crippen LogP contribution in [0.3, 0.4) is 0 Å². The molecule has 0 aromatic carbocycles. The molecule has 1 aliphatic heterocycles. The Morgan fingerprint density at radius 3 is 2.71 bits per heavy atom. The number of hydrogen-bond donors (Lipinski definition) is 3. The van der Waals surface area contributed by atoms with E-state index in [1.807, 2.05) is 0 Å². The van der Waals surface area contributed by atoms with Gasteiger partial charge in [0.25, 0.3) is 0 Å². The number of piperazine rings is 1. The fraction of sp³-hybridized carbons (Fsp3) is 0.917. The monoisotopic (exact) mass is 242 g/mol. The summed E-state index contributed by atoms with van der Waals surface area (Å²) in [6.45, 7) is 10.9. The van der Waals surface area contributed by atoms with E-state index in [-0.39, 0.29) is 11.9 Å². The van der Waals surface area contributed by atoms with Gasteiger partial charge < -0.3 is 20.9 Å². The molecule has 1 amide bonds. The van der Waals surface area contributed by atoms with Crippen LogP contribution < -0.4 is 16.0 Å². The highest BCUT2D eigenvalue weighted by molar-refractivity contribution is 5.82. The van der Waals surface area contributed by atoms with Crippen LogP contribution in [0.5, 0.6) is 0 Å². The molecule has 1 heterocycles. The molecule has 1 rings (SSSR count). The first kappa shape index (κ1) is 14.4. The van der Waals surface area contributed by atoms with Gasteiger partial charge in [-0.05, 0) is 26.1 Å². The molecule has 0 aromatic heterocycles. The number of nitrogens with zero attached hydrogens (tertiary/aromatic N) is 1. The number of nitrogens with one attached hydrogen (secondary N) is 3. The molecule has 3 N–H and O–H groups in total. The molecule has 1 saturated heterocycles. The quantitative estimate of drug-likeness (QED) is 0.522. The standard InChI is InChI=1S/C12H26N4O/c1-3-16(4-2)9-5-6-15-12(17)11-10-13-7-8-14-11/h11,13-14H,3-10H2,1-2H3,(H,15,17). The van der Waals surface area contributed by atoms with Gasteiger partial charge in [-0.1, -0.05) is 13.8 Å². The van der Waals surface area contributed by atoms with Crippen LogP contribution in [-0.4, -0.2) is 62.7 Å². The van der Waals surface area contributed by atoms with Crippen molar-refractivity contribution in [1.82, 2.24) is 20.9 Å². The average Bonchev–Trinajstić information content (AvgIpc) is 2.40. The minimum atomic E-state index is -0.0581. The molecule has 0 saturated carbocycles. The zero-order valence-corrected chi connectivity index (χ0v) is 11.1. The fourth-order valence-electron chi connectivity index (χ4n) is 2.02. The van der Waals surface area contributed by atoms with Crippen molar-refractivity contribution in [2.24, 2.45) is 0 Å². The van der Waals surface area contributed by atoms with Crippen LogP contribution >= 0.6 is 0 Å². The molecule has 0 spiro atoms. The van der Waals surface area contributed by atoms with Crippen molar-refractivity contribution in [2.75, 3.05) is 45.8 Å². The zero-order chi connectivity index (χ0) is 12.5. The molecule has 100 valence electrons. The van der Waals surface area contributed by atoms with Crippen LogP contribution in [0.4, 0.5) is 0 Å². The van der Waals surface area contributed by atoms with Crippen LogP contribution in [0.25, 0.3) is 0 Å². The molecule has 17 heavy (non-hydrogen) atoms. The van der Waals surface area contributed by atoms with E-state index >= 15 is 0 Å². The minimum Gasteiger partial charge on any atom is -0.355 e. The lowest BCUT2D eigenvalue weighted by atomic mass is 10.2. The van der Waals surface area contributed by atoms with E-state index in [4.69, 9.17) is 0 Å². The van der Waals surface area contributed by atoms with Gasteiger partial charge in [-0.15, -0.1) is 0 Å². The molecular weight excluding hydrogens is 216 g/mol. The summed E-state index contributed by atoms with van der Waals surface area (Å²) in [6.07, 6.45) is 1.02. The van der Waals surface area contributed by atoms with Gasteiger partial charge in [-0.2, -0.15) is 0 Å². The Kier molecular flexibility index (Phi) is 7.16. The average molecular weight is 242 g/mol. The van der Waals surface area contributed by atoms with Crippen molar-refractivity contribution < 1.29 is 4.79 Å². The summed E-state index contributed by atoms with van der Waals surface area (Å²) in [5.74, 6) is 0.122. The summed E-state index contributed by atoms with van der Waals surface area (Å²) in [6, 6.07) is -0.0581. The predicted octanol–water partition coefficient (Wildman–Crippen LogP) is -0.604. The second kappa shape index (κ2) is 8.44. The molecule has 0 aliphatic carbocycles. The molecule has 1 fully saturated rings. The molecule has 1 aliphatic rings. The molecular formula is C12H26N4O. The van der Waals surface area contributed by atoms with Crippen molar-refractivity contribution in [3.63, 3.8) is 0 Å². The van der Waals surface area contributed by atoms with Gasteiger partial charge in [0, 0.05) is 26.2 Å². The lowest BCUT2D eigenvalue weighted by Gasteiger charge is -2.24. The number of hydrogen-bond acceptors (Lipinski definition) is 4. The topological polar surface area (TPSA) is 56.4 Å². The van der Waals surface area contributed by atoms with E-state index in [1.165, 1.54) is 0 Å². The molecule has 1 unspecified atom stereocenters. The zero-order valence-electron chi connectivity index (χ0n) is 11.1. The van der Waals surface area contributed by atoms with E-state index < -0.39 is 0 Å². The highest BCUT2D eigenvalue weighted by atomic mass is 16.2. The SMILES string of the molecule is CCN(CC)CCCNC(=O)C1CNCCN1. The van der Waals surface area contributed by atoms with Crippen LogP contribution in [0, 0.1) is 0 Å². The van der Waals surface area contributed by atoms with Gasteiger partial charge >= 0.3 is 0 Å².